The fraction of sp³-hybridized carbons (Fsp3) is 0.389. The third-order valence-corrected chi connectivity index (χ3v) is 4.24. The molecule has 1 amide bonds. The van der Waals surface area contributed by atoms with Crippen LogP contribution in [0.4, 0.5) is 4.39 Å². The van der Waals surface area contributed by atoms with Crippen LogP contribution in [-0.2, 0) is 9.53 Å². The summed E-state index contributed by atoms with van der Waals surface area (Å²) in [5.74, 6) is -0.639. The summed E-state index contributed by atoms with van der Waals surface area (Å²) in [5, 5.41) is 7.07. The van der Waals surface area contributed by atoms with E-state index in [1.165, 1.54) is 18.2 Å². The van der Waals surface area contributed by atoms with Gasteiger partial charge in [0.1, 0.15) is 11.9 Å². The number of carbonyl (C=O) groups excluding carboxylic acids is 1. The van der Waals surface area contributed by atoms with E-state index in [4.69, 9.17) is 4.74 Å². The number of nitrogens with one attached hydrogen (secondary N) is 1. The Morgan fingerprint density at radius 3 is 2.80 bits per heavy atom. The predicted octanol–water partition coefficient (Wildman–Crippen LogP) is 1.91. The maximum Gasteiger partial charge on any atom is 0.267 e. The molecule has 132 valence electrons. The Labute approximate surface area is 144 Å². The SMILES string of the molecule is CC(C(=O)NCC1CCCO1)n1nc(-c2ccc(F)cc2)ccc1=O. The second kappa shape index (κ2) is 7.57. The molecule has 25 heavy (non-hydrogen) atoms. The summed E-state index contributed by atoms with van der Waals surface area (Å²) in [7, 11) is 0. The van der Waals surface area contributed by atoms with Crippen molar-refractivity contribution in [3.63, 3.8) is 0 Å². The highest BCUT2D eigenvalue weighted by molar-refractivity contribution is 5.79. The van der Waals surface area contributed by atoms with E-state index in [0.717, 1.165) is 24.1 Å². The van der Waals surface area contributed by atoms with E-state index in [0.29, 0.717) is 17.8 Å². The molecule has 1 aliphatic rings. The van der Waals surface area contributed by atoms with Gasteiger partial charge in [-0.2, -0.15) is 5.10 Å². The zero-order valence-corrected chi connectivity index (χ0v) is 13.9. The van der Waals surface area contributed by atoms with Crippen molar-refractivity contribution in [2.45, 2.75) is 31.9 Å². The summed E-state index contributed by atoms with van der Waals surface area (Å²) in [6.07, 6.45) is 1.95. The second-order valence-corrected chi connectivity index (χ2v) is 6.06. The Bertz CT molecular complexity index is 798. The van der Waals surface area contributed by atoms with Gasteiger partial charge in [-0.3, -0.25) is 9.59 Å². The van der Waals surface area contributed by atoms with Gasteiger partial charge in [-0.15, -0.1) is 0 Å². The zero-order valence-electron chi connectivity index (χ0n) is 13.9. The van der Waals surface area contributed by atoms with Gasteiger partial charge in [0.25, 0.3) is 5.56 Å². The van der Waals surface area contributed by atoms with Gasteiger partial charge in [-0.25, -0.2) is 9.07 Å². The van der Waals surface area contributed by atoms with Crippen molar-refractivity contribution in [2.24, 2.45) is 0 Å². The van der Waals surface area contributed by atoms with Crippen LogP contribution in [0.15, 0.2) is 41.2 Å². The van der Waals surface area contributed by atoms with Crippen LogP contribution in [0, 0.1) is 5.82 Å². The van der Waals surface area contributed by atoms with Gasteiger partial charge in [0.05, 0.1) is 11.8 Å². The van der Waals surface area contributed by atoms with Gasteiger partial charge >= 0.3 is 0 Å². The van der Waals surface area contributed by atoms with Crippen molar-refractivity contribution < 1.29 is 13.9 Å². The number of carbonyl (C=O) groups is 1. The normalized spacial score (nSPS) is 18.1. The van der Waals surface area contributed by atoms with Gasteiger partial charge in [0.2, 0.25) is 5.91 Å². The fourth-order valence-electron chi connectivity index (χ4n) is 2.76. The molecule has 2 unspecified atom stereocenters. The van der Waals surface area contributed by atoms with Gasteiger partial charge in [-0.1, -0.05) is 0 Å². The van der Waals surface area contributed by atoms with E-state index in [-0.39, 0.29) is 23.4 Å². The molecule has 3 rings (SSSR count). The summed E-state index contributed by atoms with van der Waals surface area (Å²) < 4.78 is 19.7. The first-order valence-corrected chi connectivity index (χ1v) is 8.30. The minimum Gasteiger partial charge on any atom is -0.376 e. The van der Waals surface area contributed by atoms with Crippen LogP contribution in [0.3, 0.4) is 0 Å². The van der Waals surface area contributed by atoms with Crippen molar-refractivity contribution in [2.75, 3.05) is 13.2 Å². The van der Waals surface area contributed by atoms with Crippen LogP contribution < -0.4 is 10.9 Å². The molecule has 2 atom stereocenters. The minimum absolute atomic E-state index is 0.0337. The maximum atomic E-state index is 13.1. The quantitative estimate of drug-likeness (QED) is 0.898. The maximum absolute atomic E-state index is 13.1. The highest BCUT2D eigenvalue weighted by atomic mass is 19.1. The van der Waals surface area contributed by atoms with Crippen LogP contribution >= 0.6 is 0 Å². The molecule has 2 heterocycles. The third kappa shape index (κ3) is 4.11. The molecular weight excluding hydrogens is 325 g/mol. The molecule has 1 fully saturated rings. The summed E-state index contributed by atoms with van der Waals surface area (Å²) >= 11 is 0. The van der Waals surface area contributed by atoms with E-state index in [9.17, 15) is 14.0 Å². The summed E-state index contributed by atoms with van der Waals surface area (Å²) in [6.45, 7) is 2.76. The van der Waals surface area contributed by atoms with Crippen molar-refractivity contribution in [3.05, 3.63) is 52.6 Å². The Hall–Kier alpha value is -2.54. The molecular formula is C18H20FN3O3. The summed E-state index contributed by atoms with van der Waals surface area (Å²) in [4.78, 5) is 24.4. The standard InChI is InChI=1S/C18H20FN3O3/c1-12(18(24)20-11-15-3-2-10-25-15)22-17(23)9-8-16(21-22)13-4-6-14(19)7-5-13/h4-9,12,15H,2-3,10-11H2,1H3,(H,20,24). The van der Waals surface area contributed by atoms with E-state index in [1.807, 2.05) is 0 Å². The molecule has 1 aliphatic heterocycles. The lowest BCUT2D eigenvalue weighted by atomic mass is 10.1. The lowest BCUT2D eigenvalue weighted by molar-refractivity contribution is -0.124. The molecule has 1 saturated heterocycles. The number of amides is 1. The topological polar surface area (TPSA) is 73.2 Å². The molecule has 1 aromatic carbocycles. The average molecular weight is 345 g/mol. The van der Waals surface area contributed by atoms with E-state index in [2.05, 4.69) is 10.4 Å². The molecule has 1 N–H and O–H groups in total. The number of benzene rings is 1. The number of halogens is 1. The van der Waals surface area contributed by atoms with Crippen molar-refractivity contribution in [1.82, 2.24) is 15.1 Å². The van der Waals surface area contributed by atoms with Crippen LogP contribution in [0.1, 0.15) is 25.8 Å². The number of aromatic nitrogens is 2. The third-order valence-electron chi connectivity index (χ3n) is 4.24. The van der Waals surface area contributed by atoms with Gasteiger partial charge in [0, 0.05) is 24.8 Å². The lowest BCUT2D eigenvalue weighted by Gasteiger charge is -2.16. The number of rotatable bonds is 5. The van der Waals surface area contributed by atoms with Crippen LogP contribution in [-0.4, -0.2) is 34.9 Å². The van der Waals surface area contributed by atoms with Crippen molar-refractivity contribution in [3.8, 4) is 11.3 Å². The van der Waals surface area contributed by atoms with Gasteiger partial charge in [-0.05, 0) is 50.1 Å². The Morgan fingerprint density at radius 2 is 2.12 bits per heavy atom. The van der Waals surface area contributed by atoms with E-state index in [1.54, 1.807) is 25.1 Å². The molecule has 0 radical (unpaired) electrons. The van der Waals surface area contributed by atoms with Crippen LogP contribution in [0.25, 0.3) is 11.3 Å². The van der Waals surface area contributed by atoms with Crippen molar-refractivity contribution >= 4 is 5.91 Å². The van der Waals surface area contributed by atoms with Crippen LogP contribution in [0.5, 0.6) is 0 Å². The molecule has 0 spiro atoms. The highest BCUT2D eigenvalue weighted by Crippen LogP contribution is 2.16. The molecule has 7 heteroatoms. The number of ether oxygens (including phenoxy) is 1. The first-order chi connectivity index (χ1) is 12.0. The van der Waals surface area contributed by atoms with Gasteiger partial charge in [0.15, 0.2) is 0 Å². The fourth-order valence-corrected chi connectivity index (χ4v) is 2.76. The van der Waals surface area contributed by atoms with E-state index < -0.39 is 6.04 Å². The number of hydrogen-bond donors (Lipinski definition) is 1. The molecule has 2 aromatic rings. The van der Waals surface area contributed by atoms with Gasteiger partial charge < -0.3 is 10.1 Å². The average Bonchev–Trinajstić information content (AvgIpc) is 3.14. The summed E-state index contributed by atoms with van der Waals surface area (Å²) in [5.41, 5.74) is 0.797. The molecule has 6 nitrogen and oxygen atoms in total. The Kier molecular flexibility index (Phi) is 5.23. The molecule has 0 aliphatic carbocycles. The Morgan fingerprint density at radius 1 is 1.36 bits per heavy atom. The first-order valence-electron chi connectivity index (χ1n) is 8.30. The minimum atomic E-state index is -0.755. The Balaban J connectivity index is 1.75. The number of hydrogen-bond acceptors (Lipinski definition) is 4. The molecule has 0 bridgehead atoms. The molecule has 1 aromatic heterocycles. The summed E-state index contributed by atoms with van der Waals surface area (Å²) in [6, 6.07) is 7.96. The van der Waals surface area contributed by atoms with Crippen LogP contribution in [0.2, 0.25) is 0 Å². The smallest absolute Gasteiger partial charge is 0.267 e. The largest absolute Gasteiger partial charge is 0.376 e. The van der Waals surface area contributed by atoms with Crippen molar-refractivity contribution in [1.29, 1.82) is 0 Å². The second-order valence-electron chi connectivity index (χ2n) is 6.06. The number of nitrogens with zero attached hydrogens (tertiary/aromatic N) is 2. The zero-order chi connectivity index (χ0) is 17.8. The van der Waals surface area contributed by atoms with E-state index >= 15 is 0 Å². The highest BCUT2D eigenvalue weighted by Gasteiger charge is 2.21. The predicted molar refractivity (Wildman–Crippen MR) is 90.6 cm³/mol. The first kappa shape index (κ1) is 17.3. The lowest BCUT2D eigenvalue weighted by Crippen LogP contribution is -2.39. The monoisotopic (exact) mass is 345 g/mol. The molecule has 0 saturated carbocycles.